The fourth-order valence-electron chi connectivity index (χ4n) is 3.04. The number of carbonyl (C=O) groups is 1. The number of aliphatic hydroxyl groups excluding tert-OH is 1. The third kappa shape index (κ3) is 3.75. The van der Waals surface area contributed by atoms with Gasteiger partial charge in [0.15, 0.2) is 0 Å². The van der Waals surface area contributed by atoms with Crippen LogP contribution in [0.4, 0.5) is 4.79 Å². The highest BCUT2D eigenvalue weighted by Crippen LogP contribution is 2.27. The summed E-state index contributed by atoms with van der Waals surface area (Å²) in [5.41, 5.74) is -0.655. The SMILES string of the molecule is Cc1cn([C@H]2C[C@H](NC(=O)N3CCOCC3)[C@@H](CO)O2)c(=O)[nH]c1=O. The zero-order chi connectivity index (χ0) is 18.0. The smallest absolute Gasteiger partial charge is 0.330 e. The van der Waals surface area contributed by atoms with Gasteiger partial charge in [-0.25, -0.2) is 9.59 Å². The second-order valence-corrected chi connectivity index (χ2v) is 6.18. The highest BCUT2D eigenvalue weighted by Gasteiger charge is 2.38. The maximum atomic E-state index is 12.3. The molecular formula is C15H22N4O6. The number of nitrogens with zero attached hydrogens (tertiary/aromatic N) is 2. The van der Waals surface area contributed by atoms with Crippen LogP contribution in [0.25, 0.3) is 0 Å². The van der Waals surface area contributed by atoms with Gasteiger partial charge in [-0.15, -0.1) is 0 Å². The summed E-state index contributed by atoms with van der Waals surface area (Å²) < 4.78 is 12.2. The molecule has 1 aromatic rings. The minimum Gasteiger partial charge on any atom is -0.394 e. The maximum Gasteiger partial charge on any atom is 0.330 e. The first-order valence-corrected chi connectivity index (χ1v) is 8.21. The molecule has 0 aliphatic carbocycles. The van der Waals surface area contributed by atoms with Crippen molar-refractivity contribution in [2.45, 2.75) is 31.7 Å². The van der Waals surface area contributed by atoms with E-state index in [2.05, 4.69) is 10.3 Å². The Balaban J connectivity index is 1.72. The normalized spacial score (nSPS) is 26.6. The molecule has 0 saturated carbocycles. The Kier molecular flexibility index (Phi) is 5.21. The second-order valence-electron chi connectivity index (χ2n) is 6.18. The van der Waals surface area contributed by atoms with Gasteiger partial charge in [-0.1, -0.05) is 0 Å². The number of H-pyrrole nitrogens is 1. The van der Waals surface area contributed by atoms with Crippen LogP contribution in [-0.2, 0) is 9.47 Å². The molecule has 1 aromatic heterocycles. The minimum atomic E-state index is -0.671. The molecule has 2 saturated heterocycles. The molecule has 3 heterocycles. The molecule has 2 fully saturated rings. The molecule has 0 radical (unpaired) electrons. The number of rotatable bonds is 3. The zero-order valence-electron chi connectivity index (χ0n) is 13.9. The fourth-order valence-corrected chi connectivity index (χ4v) is 3.04. The summed E-state index contributed by atoms with van der Waals surface area (Å²) in [4.78, 5) is 39.7. The summed E-state index contributed by atoms with van der Waals surface area (Å²) in [5, 5.41) is 12.4. The van der Waals surface area contributed by atoms with Crippen LogP contribution in [-0.4, -0.2) is 70.6 Å². The van der Waals surface area contributed by atoms with E-state index in [0.29, 0.717) is 38.3 Å². The van der Waals surface area contributed by atoms with Gasteiger partial charge < -0.3 is 24.8 Å². The highest BCUT2D eigenvalue weighted by molar-refractivity contribution is 5.74. The molecule has 0 spiro atoms. The largest absolute Gasteiger partial charge is 0.394 e. The van der Waals surface area contributed by atoms with Gasteiger partial charge in [-0.2, -0.15) is 0 Å². The van der Waals surface area contributed by atoms with Crippen molar-refractivity contribution in [2.75, 3.05) is 32.9 Å². The average Bonchev–Trinajstić information content (AvgIpc) is 3.01. The monoisotopic (exact) mass is 354 g/mol. The Morgan fingerprint density at radius 1 is 1.40 bits per heavy atom. The van der Waals surface area contributed by atoms with Gasteiger partial charge in [0.1, 0.15) is 12.3 Å². The number of urea groups is 1. The van der Waals surface area contributed by atoms with Crippen molar-refractivity contribution in [3.8, 4) is 0 Å². The molecule has 10 heteroatoms. The van der Waals surface area contributed by atoms with Crippen molar-refractivity contribution >= 4 is 6.03 Å². The summed E-state index contributed by atoms with van der Waals surface area (Å²) in [7, 11) is 0. The van der Waals surface area contributed by atoms with Crippen molar-refractivity contribution in [3.63, 3.8) is 0 Å². The number of amides is 2. The lowest BCUT2D eigenvalue weighted by Crippen LogP contribution is -2.51. The Bertz CT molecular complexity index is 738. The van der Waals surface area contributed by atoms with Gasteiger partial charge in [0.05, 0.1) is 25.9 Å². The molecule has 3 atom stereocenters. The van der Waals surface area contributed by atoms with E-state index < -0.39 is 29.6 Å². The summed E-state index contributed by atoms with van der Waals surface area (Å²) >= 11 is 0. The van der Waals surface area contributed by atoms with Crippen molar-refractivity contribution in [1.82, 2.24) is 19.8 Å². The van der Waals surface area contributed by atoms with Gasteiger partial charge in [0.2, 0.25) is 0 Å². The molecule has 0 unspecified atom stereocenters. The molecule has 25 heavy (non-hydrogen) atoms. The van der Waals surface area contributed by atoms with E-state index >= 15 is 0 Å². The van der Waals surface area contributed by atoms with Gasteiger partial charge in [0, 0.05) is 31.3 Å². The number of aryl methyl sites for hydroxylation is 1. The first kappa shape index (κ1) is 17.6. The maximum absolute atomic E-state index is 12.3. The van der Waals surface area contributed by atoms with Crippen LogP contribution in [0.15, 0.2) is 15.8 Å². The lowest BCUT2D eigenvalue weighted by atomic mass is 10.1. The number of aliphatic hydroxyl groups is 1. The molecule has 2 aliphatic rings. The molecule has 3 N–H and O–H groups in total. The molecular weight excluding hydrogens is 332 g/mol. The summed E-state index contributed by atoms with van der Waals surface area (Å²) in [5.74, 6) is 0. The third-order valence-corrected chi connectivity index (χ3v) is 4.48. The molecule has 2 aliphatic heterocycles. The molecule has 3 rings (SSSR count). The topological polar surface area (TPSA) is 126 Å². The second kappa shape index (κ2) is 7.38. The molecule has 0 aromatic carbocycles. The zero-order valence-corrected chi connectivity index (χ0v) is 13.9. The molecule has 2 amide bonds. The molecule has 10 nitrogen and oxygen atoms in total. The lowest BCUT2D eigenvalue weighted by molar-refractivity contribution is -0.0289. The number of hydrogen-bond donors (Lipinski definition) is 3. The minimum absolute atomic E-state index is 0.249. The number of aromatic nitrogens is 2. The van der Waals surface area contributed by atoms with Crippen LogP contribution in [0, 0.1) is 6.92 Å². The Labute approximate surface area is 143 Å². The van der Waals surface area contributed by atoms with Crippen molar-refractivity contribution in [3.05, 3.63) is 32.6 Å². The standard InChI is InChI=1S/C15H22N4O6/c1-9-7-19(15(23)17-13(9)21)12-6-10(11(8-20)25-12)16-14(22)18-2-4-24-5-3-18/h7,10-12,20H,2-6,8H2,1H3,(H,16,22)(H,17,21,23)/t10-,11+,12+/m0/s1. The van der Waals surface area contributed by atoms with E-state index in [1.165, 1.54) is 10.8 Å². The quantitative estimate of drug-likeness (QED) is 0.609. The van der Waals surface area contributed by atoms with Gasteiger partial charge in [-0.05, 0) is 6.92 Å². The summed E-state index contributed by atoms with van der Waals surface area (Å²) in [6.45, 7) is 3.29. The first-order valence-electron chi connectivity index (χ1n) is 8.21. The van der Waals surface area contributed by atoms with E-state index in [0.717, 1.165) is 0 Å². The fraction of sp³-hybridized carbons (Fsp3) is 0.667. The van der Waals surface area contributed by atoms with Crippen LogP contribution in [0.1, 0.15) is 18.2 Å². The number of nitrogens with one attached hydrogen (secondary N) is 2. The number of morpholine rings is 1. The Morgan fingerprint density at radius 2 is 2.12 bits per heavy atom. The predicted molar refractivity (Wildman–Crippen MR) is 86.4 cm³/mol. The van der Waals surface area contributed by atoms with E-state index in [1.54, 1.807) is 11.8 Å². The number of ether oxygens (including phenoxy) is 2. The van der Waals surface area contributed by atoms with Crippen LogP contribution < -0.4 is 16.6 Å². The van der Waals surface area contributed by atoms with Crippen LogP contribution in [0.5, 0.6) is 0 Å². The highest BCUT2D eigenvalue weighted by atomic mass is 16.5. The predicted octanol–water partition coefficient (Wildman–Crippen LogP) is -1.46. The molecule has 138 valence electrons. The number of hydrogen-bond acceptors (Lipinski definition) is 6. The van der Waals surface area contributed by atoms with E-state index in [-0.39, 0.29) is 12.6 Å². The van der Waals surface area contributed by atoms with Crippen LogP contribution in [0.2, 0.25) is 0 Å². The third-order valence-electron chi connectivity index (χ3n) is 4.48. The Hall–Kier alpha value is -2.17. The van der Waals surface area contributed by atoms with E-state index in [4.69, 9.17) is 9.47 Å². The summed E-state index contributed by atoms with van der Waals surface area (Å²) in [6, 6.07) is -0.689. The van der Waals surface area contributed by atoms with Crippen molar-refractivity contribution in [1.29, 1.82) is 0 Å². The van der Waals surface area contributed by atoms with Gasteiger partial charge in [-0.3, -0.25) is 14.3 Å². The van der Waals surface area contributed by atoms with Crippen molar-refractivity contribution in [2.24, 2.45) is 0 Å². The number of carbonyl (C=O) groups excluding carboxylic acids is 1. The Morgan fingerprint density at radius 3 is 2.80 bits per heavy atom. The average molecular weight is 354 g/mol. The van der Waals surface area contributed by atoms with E-state index in [1.807, 2.05) is 0 Å². The first-order chi connectivity index (χ1) is 12.0. The van der Waals surface area contributed by atoms with Gasteiger partial charge in [0.25, 0.3) is 5.56 Å². The van der Waals surface area contributed by atoms with Crippen molar-refractivity contribution < 1.29 is 19.4 Å². The molecule has 0 bridgehead atoms. The van der Waals surface area contributed by atoms with Crippen LogP contribution in [0.3, 0.4) is 0 Å². The van der Waals surface area contributed by atoms with Crippen LogP contribution >= 0.6 is 0 Å². The van der Waals surface area contributed by atoms with E-state index in [9.17, 15) is 19.5 Å². The lowest BCUT2D eigenvalue weighted by Gasteiger charge is -2.29. The van der Waals surface area contributed by atoms with Gasteiger partial charge >= 0.3 is 11.7 Å². The number of aromatic amines is 1. The summed E-state index contributed by atoms with van der Waals surface area (Å²) in [6.07, 6.45) is 0.434.